The number of unbranched alkanes of at least 4 members (excludes halogenated alkanes) is 41. The van der Waals surface area contributed by atoms with Crippen LogP contribution in [0.15, 0.2) is 36.5 Å². The second-order valence-electron chi connectivity index (χ2n) is 21.3. The van der Waals surface area contributed by atoms with Crippen LogP contribution in [0.4, 0.5) is 0 Å². The maximum Gasteiger partial charge on any atom is 0.306 e. The van der Waals surface area contributed by atoms with Crippen LogP contribution >= 0.6 is 0 Å². The average Bonchev–Trinajstić information content (AvgIpc) is 3.37. The molecule has 0 N–H and O–H groups in total. The molecule has 0 aliphatic carbocycles. The molecular formula is C65H120O6. The summed E-state index contributed by atoms with van der Waals surface area (Å²) in [6, 6.07) is 0. The third-order valence-electron chi connectivity index (χ3n) is 14.1. The second kappa shape index (κ2) is 60.2. The summed E-state index contributed by atoms with van der Waals surface area (Å²) in [5.41, 5.74) is 0. The van der Waals surface area contributed by atoms with Crippen LogP contribution in [0.1, 0.15) is 342 Å². The molecule has 0 bridgehead atoms. The third kappa shape index (κ3) is 58.4. The molecule has 6 nitrogen and oxygen atoms in total. The van der Waals surface area contributed by atoms with Gasteiger partial charge in [0.1, 0.15) is 13.2 Å². The minimum atomic E-state index is -0.780. The van der Waals surface area contributed by atoms with Crippen molar-refractivity contribution < 1.29 is 28.6 Å². The average molecular weight is 998 g/mol. The Morgan fingerprint density at radius 2 is 0.535 bits per heavy atom. The molecule has 0 aliphatic rings. The number of rotatable bonds is 58. The van der Waals surface area contributed by atoms with E-state index in [2.05, 4.69) is 57.2 Å². The Labute approximate surface area is 442 Å². The van der Waals surface area contributed by atoms with Crippen LogP contribution in [0.3, 0.4) is 0 Å². The zero-order valence-electron chi connectivity index (χ0n) is 47.8. The van der Waals surface area contributed by atoms with Gasteiger partial charge in [0, 0.05) is 19.3 Å². The topological polar surface area (TPSA) is 78.9 Å². The van der Waals surface area contributed by atoms with Gasteiger partial charge in [-0.3, -0.25) is 14.4 Å². The van der Waals surface area contributed by atoms with Gasteiger partial charge in [0.25, 0.3) is 0 Å². The van der Waals surface area contributed by atoms with Crippen LogP contribution in [0.25, 0.3) is 0 Å². The molecule has 1 unspecified atom stereocenters. The smallest absolute Gasteiger partial charge is 0.306 e. The first-order chi connectivity index (χ1) is 35.0. The quantitative estimate of drug-likeness (QED) is 0.0261. The van der Waals surface area contributed by atoms with Crippen LogP contribution in [0.5, 0.6) is 0 Å². The summed E-state index contributed by atoms with van der Waals surface area (Å²) in [7, 11) is 0. The molecular weight excluding hydrogens is 877 g/mol. The monoisotopic (exact) mass is 997 g/mol. The fraction of sp³-hybridized carbons (Fsp3) is 0.862. The van der Waals surface area contributed by atoms with E-state index in [1.807, 2.05) is 0 Å². The first-order valence-corrected chi connectivity index (χ1v) is 31.5. The highest BCUT2D eigenvalue weighted by molar-refractivity contribution is 5.71. The lowest BCUT2D eigenvalue weighted by Gasteiger charge is -2.18. The van der Waals surface area contributed by atoms with Crippen molar-refractivity contribution in [2.24, 2.45) is 0 Å². The SMILES string of the molecule is CCC/C=C\C/C=C\CCCCCCCC(=O)OC(COC(=O)CCCCCCC/C=C\CCCCCC)COC(=O)CCCCCCCCCCCCCCCCCCCCCCCCCCCCC. The van der Waals surface area contributed by atoms with Gasteiger partial charge >= 0.3 is 17.9 Å². The molecule has 71 heavy (non-hydrogen) atoms. The minimum Gasteiger partial charge on any atom is -0.462 e. The molecule has 0 radical (unpaired) electrons. The van der Waals surface area contributed by atoms with E-state index in [-0.39, 0.29) is 31.1 Å². The van der Waals surface area contributed by atoms with E-state index in [0.29, 0.717) is 19.3 Å². The van der Waals surface area contributed by atoms with Crippen molar-refractivity contribution in [1.29, 1.82) is 0 Å². The minimum absolute atomic E-state index is 0.0769. The zero-order chi connectivity index (χ0) is 51.4. The van der Waals surface area contributed by atoms with Gasteiger partial charge < -0.3 is 14.2 Å². The van der Waals surface area contributed by atoms with Crippen LogP contribution in [-0.4, -0.2) is 37.2 Å². The molecule has 0 spiro atoms. The number of carbonyl (C=O) groups excluding carboxylic acids is 3. The summed E-state index contributed by atoms with van der Waals surface area (Å²) in [5, 5.41) is 0. The molecule has 0 amide bonds. The van der Waals surface area contributed by atoms with Crippen molar-refractivity contribution in [3.05, 3.63) is 36.5 Å². The number of hydrogen-bond donors (Lipinski definition) is 0. The van der Waals surface area contributed by atoms with Gasteiger partial charge in [-0.2, -0.15) is 0 Å². The van der Waals surface area contributed by atoms with Gasteiger partial charge in [0.2, 0.25) is 0 Å². The molecule has 1 atom stereocenters. The van der Waals surface area contributed by atoms with E-state index < -0.39 is 6.10 Å². The molecule has 0 aromatic rings. The number of ether oxygens (including phenoxy) is 3. The van der Waals surface area contributed by atoms with Gasteiger partial charge in [0.15, 0.2) is 6.10 Å². The van der Waals surface area contributed by atoms with Gasteiger partial charge in [0.05, 0.1) is 0 Å². The fourth-order valence-corrected chi connectivity index (χ4v) is 9.36. The molecule has 416 valence electrons. The lowest BCUT2D eigenvalue weighted by Crippen LogP contribution is -2.30. The van der Waals surface area contributed by atoms with Gasteiger partial charge in [-0.15, -0.1) is 0 Å². The van der Waals surface area contributed by atoms with Crippen molar-refractivity contribution >= 4 is 17.9 Å². The second-order valence-corrected chi connectivity index (χ2v) is 21.3. The molecule has 0 saturated heterocycles. The molecule has 0 aliphatic heterocycles. The Morgan fingerprint density at radius 1 is 0.282 bits per heavy atom. The lowest BCUT2D eigenvalue weighted by atomic mass is 10.0. The summed E-state index contributed by atoms with van der Waals surface area (Å²) >= 11 is 0. The Balaban J connectivity index is 4.16. The highest BCUT2D eigenvalue weighted by Gasteiger charge is 2.19. The Bertz CT molecular complexity index is 1190. The highest BCUT2D eigenvalue weighted by Crippen LogP contribution is 2.18. The maximum atomic E-state index is 12.8. The maximum absolute atomic E-state index is 12.8. The number of esters is 3. The molecule has 6 heteroatoms. The van der Waals surface area contributed by atoms with Crippen LogP contribution in [0.2, 0.25) is 0 Å². The number of hydrogen-bond acceptors (Lipinski definition) is 6. The predicted molar refractivity (Wildman–Crippen MR) is 307 cm³/mol. The summed E-state index contributed by atoms with van der Waals surface area (Å²) in [6.07, 6.45) is 73.1. The summed E-state index contributed by atoms with van der Waals surface area (Å²) in [4.78, 5) is 38.2. The van der Waals surface area contributed by atoms with Crippen molar-refractivity contribution in [1.82, 2.24) is 0 Å². The molecule has 0 aromatic carbocycles. The predicted octanol–water partition coefficient (Wildman–Crippen LogP) is 21.2. The fourth-order valence-electron chi connectivity index (χ4n) is 9.36. The van der Waals surface area contributed by atoms with Crippen LogP contribution in [-0.2, 0) is 28.6 Å². The van der Waals surface area contributed by atoms with Crippen molar-refractivity contribution in [2.45, 2.75) is 348 Å². The summed E-state index contributed by atoms with van der Waals surface area (Å²) in [5.74, 6) is -0.882. The Morgan fingerprint density at radius 3 is 0.859 bits per heavy atom. The van der Waals surface area contributed by atoms with Gasteiger partial charge in [-0.25, -0.2) is 0 Å². The summed E-state index contributed by atoms with van der Waals surface area (Å²) in [6.45, 7) is 6.59. The van der Waals surface area contributed by atoms with E-state index in [4.69, 9.17) is 14.2 Å². The summed E-state index contributed by atoms with van der Waals surface area (Å²) < 4.78 is 16.9. The Hall–Kier alpha value is -2.37. The van der Waals surface area contributed by atoms with Crippen molar-refractivity contribution in [3.8, 4) is 0 Å². The van der Waals surface area contributed by atoms with E-state index >= 15 is 0 Å². The first kappa shape index (κ1) is 68.6. The molecule has 0 rings (SSSR count). The molecule has 0 saturated carbocycles. The molecule has 0 aromatic heterocycles. The largest absolute Gasteiger partial charge is 0.462 e. The lowest BCUT2D eigenvalue weighted by molar-refractivity contribution is -0.167. The zero-order valence-corrected chi connectivity index (χ0v) is 47.8. The highest BCUT2D eigenvalue weighted by atomic mass is 16.6. The van der Waals surface area contributed by atoms with E-state index in [0.717, 1.165) is 96.3 Å². The van der Waals surface area contributed by atoms with Crippen LogP contribution in [0, 0.1) is 0 Å². The third-order valence-corrected chi connectivity index (χ3v) is 14.1. The van der Waals surface area contributed by atoms with E-state index in [1.54, 1.807) is 0 Å². The van der Waals surface area contributed by atoms with Gasteiger partial charge in [-0.1, -0.05) is 288 Å². The number of allylic oxidation sites excluding steroid dienone is 6. The van der Waals surface area contributed by atoms with Crippen LogP contribution < -0.4 is 0 Å². The molecule has 0 heterocycles. The normalized spacial score (nSPS) is 12.2. The van der Waals surface area contributed by atoms with E-state index in [9.17, 15) is 14.4 Å². The van der Waals surface area contributed by atoms with E-state index in [1.165, 1.54) is 205 Å². The van der Waals surface area contributed by atoms with Gasteiger partial charge in [-0.05, 0) is 70.6 Å². The molecule has 0 fully saturated rings. The Kier molecular flexibility index (Phi) is 58.2. The first-order valence-electron chi connectivity index (χ1n) is 31.5. The van der Waals surface area contributed by atoms with Crippen molar-refractivity contribution in [3.63, 3.8) is 0 Å². The van der Waals surface area contributed by atoms with Crippen molar-refractivity contribution in [2.75, 3.05) is 13.2 Å². The number of carbonyl (C=O) groups is 3. The standard InChI is InChI=1S/C65H120O6/c1-4-7-10-13-16-19-22-25-26-27-28-29-30-31-32-33-34-35-36-37-38-41-43-46-49-52-55-58-64(67)70-61-62(71-65(68)59-56-53-50-47-44-40-24-21-18-15-12-9-6-3)60-69-63(66)57-54-51-48-45-42-39-23-20-17-14-11-8-5-2/h12,15,20-21,23-24,62H,4-11,13-14,16-19,22,25-61H2,1-3H3/b15-12-,23-20-,24-21-.